The number of hydrogen-bond donors (Lipinski definition) is 2. The topological polar surface area (TPSA) is 86.7 Å². The number of carbonyl (C=O) groups excluding carboxylic acids is 1. The van der Waals surface area contributed by atoms with Crippen molar-refractivity contribution in [3.05, 3.63) is 53.1 Å². The largest absolute Gasteiger partial charge is 0.507 e. The predicted molar refractivity (Wildman–Crippen MR) is 100 cm³/mol. The van der Waals surface area contributed by atoms with Gasteiger partial charge in [0.1, 0.15) is 5.75 Å². The molecule has 2 aromatic carbocycles. The molecule has 1 aliphatic rings. The lowest BCUT2D eigenvalue weighted by atomic mass is 10.2. The van der Waals surface area contributed by atoms with Gasteiger partial charge in [0, 0.05) is 23.8 Å². The highest BCUT2D eigenvalue weighted by Crippen LogP contribution is 2.25. The fourth-order valence-electron chi connectivity index (χ4n) is 2.88. The zero-order valence-corrected chi connectivity index (χ0v) is 15.6. The summed E-state index contributed by atoms with van der Waals surface area (Å²) >= 11 is 5.86. The highest BCUT2D eigenvalue weighted by Gasteiger charge is 2.26. The van der Waals surface area contributed by atoms with Crippen LogP contribution in [0.1, 0.15) is 29.6 Å². The SMILES string of the molecule is O=C(Nc1cccc(S(=O)(=O)N2CCCCC2)c1)c1cc(Cl)ccc1O. The quantitative estimate of drug-likeness (QED) is 0.831. The molecule has 0 aromatic heterocycles. The molecule has 0 saturated carbocycles. The number of anilines is 1. The van der Waals surface area contributed by atoms with Crippen LogP contribution in [0.5, 0.6) is 5.75 Å². The van der Waals surface area contributed by atoms with E-state index in [-0.39, 0.29) is 16.2 Å². The van der Waals surface area contributed by atoms with E-state index in [2.05, 4.69) is 5.32 Å². The van der Waals surface area contributed by atoms with Gasteiger partial charge in [-0.15, -0.1) is 0 Å². The monoisotopic (exact) mass is 394 g/mol. The van der Waals surface area contributed by atoms with Gasteiger partial charge in [-0.2, -0.15) is 4.31 Å². The van der Waals surface area contributed by atoms with Gasteiger partial charge in [-0.25, -0.2) is 8.42 Å². The number of phenolic OH excluding ortho intramolecular Hbond substituents is 1. The summed E-state index contributed by atoms with van der Waals surface area (Å²) in [5.74, 6) is -0.776. The van der Waals surface area contributed by atoms with Crippen molar-refractivity contribution >= 4 is 33.2 Å². The van der Waals surface area contributed by atoms with Gasteiger partial charge < -0.3 is 10.4 Å². The first-order chi connectivity index (χ1) is 12.4. The summed E-state index contributed by atoms with van der Waals surface area (Å²) in [4.78, 5) is 12.5. The minimum absolute atomic E-state index is 0.0155. The number of halogens is 1. The van der Waals surface area contributed by atoms with Crippen LogP contribution in [0.2, 0.25) is 5.02 Å². The van der Waals surface area contributed by atoms with Crippen molar-refractivity contribution in [2.45, 2.75) is 24.2 Å². The zero-order valence-electron chi connectivity index (χ0n) is 14.0. The smallest absolute Gasteiger partial charge is 0.259 e. The highest BCUT2D eigenvalue weighted by atomic mass is 35.5. The van der Waals surface area contributed by atoms with Crippen LogP contribution in [0.4, 0.5) is 5.69 Å². The molecule has 0 bridgehead atoms. The molecule has 0 unspecified atom stereocenters. The van der Waals surface area contributed by atoms with E-state index in [0.29, 0.717) is 23.8 Å². The summed E-state index contributed by atoms with van der Waals surface area (Å²) in [6, 6.07) is 10.2. The Morgan fingerprint density at radius 3 is 2.54 bits per heavy atom. The summed E-state index contributed by atoms with van der Waals surface area (Å²) in [6.07, 6.45) is 2.73. The second-order valence-corrected chi connectivity index (χ2v) is 8.48. The molecule has 1 heterocycles. The standard InChI is InChI=1S/C18H19ClN2O4S/c19-13-7-8-17(22)16(11-13)18(23)20-14-5-4-6-15(12-14)26(24,25)21-9-2-1-3-10-21/h4-8,11-12,22H,1-3,9-10H2,(H,20,23). The number of benzene rings is 2. The van der Waals surface area contributed by atoms with Crippen LogP contribution in [-0.2, 0) is 10.0 Å². The van der Waals surface area contributed by atoms with Gasteiger partial charge in [-0.05, 0) is 49.2 Å². The van der Waals surface area contributed by atoms with Crippen molar-refractivity contribution < 1.29 is 18.3 Å². The van der Waals surface area contributed by atoms with Gasteiger partial charge in [-0.3, -0.25) is 4.79 Å². The molecule has 0 spiro atoms. The number of sulfonamides is 1. The molecule has 0 aliphatic carbocycles. The molecule has 138 valence electrons. The van der Waals surface area contributed by atoms with Gasteiger partial charge in [0.05, 0.1) is 10.5 Å². The van der Waals surface area contributed by atoms with Gasteiger partial charge in [0.25, 0.3) is 5.91 Å². The first-order valence-electron chi connectivity index (χ1n) is 8.28. The number of aromatic hydroxyl groups is 1. The maximum atomic E-state index is 12.7. The third-order valence-electron chi connectivity index (χ3n) is 4.25. The van der Waals surface area contributed by atoms with Crippen molar-refractivity contribution in [2.75, 3.05) is 18.4 Å². The Balaban J connectivity index is 1.83. The first-order valence-corrected chi connectivity index (χ1v) is 10.1. The summed E-state index contributed by atoms with van der Waals surface area (Å²) in [6.45, 7) is 1.02. The summed E-state index contributed by atoms with van der Waals surface area (Å²) in [7, 11) is -3.59. The molecule has 2 aromatic rings. The molecular formula is C18H19ClN2O4S. The number of piperidine rings is 1. The lowest BCUT2D eigenvalue weighted by Crippen LogP contribution is -2.35. The first kappa shape index (κ1) is 18.7. The van der Waals surface area contributed by atoms with Crippen LogP contribution >= 0.6 is 11.6 Å². The van der Waals surface area contributed by atoms with E-state index < -0.39 is 15.9 Å². The maximum Gasteiger partial charge on any atom is 0.259 e. The molecule has 26 heavy (non-hydrogen) atoms. The molecule has 1 aliphatic heterocycles. The number of rotatable bonds is 4. The lowest BCUT2D eigenvalue weighted by Gasteiger charge is -2.26. The summed E-state index contributed by atoms with van der Waals surface area (Å²) in [5.41, 5.74) is 0.342. The van der Waals surface area contributed by atoms with E-state index in [1.54, 1.807) is 12.1 Å². The number of carbonyl (C=O) groups is 1. The number of hydrogen-bond acceptors (Lipinski definition) is 4. The second-order valence-electron chi connectivity index (χ2n) is 6.11. The molecule has 2 N–H and O–H groups in total. The van der Waals surface area contributed by atoms with Gasteiger partial charge in [0.15, 0.2) is 0 Å². The van der Waals surface area contributed by atoms with Crippen LogP contribution in [0.3, 0.4) is 0 Å². The Kier molecular flexibility index (Phi) is 5.50. The lowest BCUT2D eigenvalue weighted by molar-refractivity contribution is 0.102. The van der Waals surface area contributed by atoms with E-state index in [1.165, 1.54) is 34.6 Å². The molecule has 1 saturated heterocycles. The van der Waals surface area contributed by atoms with E-state index in [1.807, 2.05) is 0 Å². The summed E-state index contributed by atoms with van der Waals surface area (Å²) in [5, 5.41) is 12.7. The van der Waals surface area contributed by atoms with Gasteiger partial charge in [-0.1, -0.05) is 24.1 Å². The molecule has 8 heteroatoms. The van der Waals surface area contributed by atoms with Crippen LogP contribution in [0.25, 0.3) is 0 Å². The molecule has 0 atom stereocenters. The molecule has 0 radical (unpaired) electrons. The Hall–Kier alpha value is -2.09. The second kappa shape index (κ2) is 7.65. The normalized spacial score (nSPS) is 15.6. The van der Waals surface area contributed by atoms with E-state index >= 15 is 0 Å². The average molecular weight is 395 g/mol. The highest BCUT2D eigenvalue weighted by molar-refractivity contribution is 7.89. The Morgan fingerprint density at radius 1 is 1.08 bits per heavy atom. The number of nitrogens with one attached hydrogen (secondary N) is 1. The third kappa shape index (κ3) is 4.00. The van der Waals surface area contributed by atoms with Crippen molar-refractivity contribution in [3.63, 3.8) is 0 Å². The Bertz CT molecular complexity index is 925. The molecule has 3 rings (SSSR count). The van der Waals surface area contributed by atoms with Crippen LogP contribution in [-0.4, -0.2) is 36.8 Å². The van der Waals surface area contributed by atoms with Crippen molar-refractivity contribution in [1.82, 2.24) is 4.31 Å². The maximum absolute atomic E-state index is 12.7. The summed E-state index contributed by atoms with van der Waals surface area (Å²) < 4.78 is 27.0. The minimum Gasteiger partial charge on any atom is -0.507 e. The van der Waals surface area contributed by atoms with Crippen molar-refractivity contribution in [3.8, 4) is 5.75 Å². The predicted octanol–water partition coefficient (Wildman–Crippen LogP) is 3.47. The number of amides is 1. The van der Waals surface area contributed by atoms with E-state index in [0.717, 1.165) is 19.3 Å². The van der Waals surface area contributed by atoms with Crippen LogP contribution in [0.15, 0.2) is 47.4 Å². The fraction of sp³-hybridized carbons (Fsp3) is 0.278. The van der Waals surface area contributed by atoms with Crippen LogP contribution in [0, 0.1) is 0 Å². The zero-order chi connectivity index (χ0) is 18.7. The molecular weight excluding hydrogens is 376 g/mol. The van der Waals surface area contributed by atoms with Gasteiger partial charge >= 0.3 is 0 Å². The fourth-order valence-corrected chi connectivity index (χ4v) is 4.61. The minimum atomic E-state index is -3.59. The van der Waals surface area contributed by atoms with E-state index in [9.17, 15) is 18.3 Å². The average Bonchev–Trinajstić information content (AvgIpc) is 2.64. The molecule has 6 nitrogen and oxygen atoms in total. The Morgan fingerprint density at radius 2 is 1.81 bits per heavy atom. The molecule has 1 amide bonds. The van der Waals surface area contributed by atoms with Crippen LogP contribution < -0.4 is 5.32 Å². The number of phenols is 1. The van der Waals surface area contributed by atoms with E-state index in [4.69, 9.17) is 11.6 Å². The van der Waals surface area contributed by atoms with Crippen molar-refractivity contribution in [2.24, 2.45) is 0 Å². The number of nitrogens with zero attached hydrogens (tertiary/aromatic N) is 1. The third-order valence-corrected chi connectivity index (χ3v) is 6.38. The Labute approximate surface area is 157 Å². The molecule has 1 fully saturated rings. The van der Waals surface area contributed by atoms with Gasteiger partial charge in [0.2, 0.25) is 10.0 Å². The van der Waals surface area contributed by atoms with Crippen molar-refractivity contribution in [1.29, 1.82) is 0 Å².